The van der Waals surface area contributed by atoms with Crippen LogP contribution in [0.1, 0.15) is 16.7 Å². The summed E-state index contributed by atoms with van der Waals surface area (Å²) < 4.78 is 21.2. The minimum absolute atomic E-state index is 0.338. The second kappa shape index (κ2) is 6.54. The molecule has 0 N–H and O–H groups in total. The number of oxazole rings is 1. The van der Waals surface area contributed by atoms with Crippen LogP contribution in [0.4, 0.5) is 4.39 Å². The molecule has 3 nitrogen and oxygen atoms in total. The molecule has 0 unspecified atom stereocenters. The second-order valence-corrected chi connectivity index (χ2v) is 6.86. The Morgan fingerprint density at radius 1 is 1.15 bits per heavy atom. The topological polar surface area (TPSA) is 29.9 Å². The third kappa shape index (κ3) is 3.20. The molecule has 0 aliphatic rings. The number of hydrogen-bond acceptors (Lipinski definition) is 2. The van der Waals surface area contributed by atoms with Crippen LogP contribution in [0.5, 0.6) is 0 Å². The fourth-order valence-electron chi connectivity index (χ4n) is 3.09. The molecule has 4 rings (SSSR count). The highest BCUT2D eigenvalue weighted by atomic mass is 35.5. The summed E-state index contributed by atoms with van der Waals surface area (Å²) in [6.45, 7) is 4.60. The third-order valence-corrected chi connectivity index (χ3v) is 4.65. The molecular formula is C21H17ClFN2O+. The Bertz CT molecular complexity index is 1120. The Balaban J connectivity index is 1.70. The maximum Gasteiger partial charge on any atom is 0.233 e. The molecule has 0 spiro atoms. The molecule has 0 atom stereocenters. The Labute approximate surface area is 155 Å². The number of halogens is 2. The van der Waals surface area contributed by atoms with Crippen molar-refractivity contribution < 1.29 is 13.4 Å². The van der Waals surface area contributed by atoms with Crippen molar-refractivity contribution in [2.24, 2.45) is 0 Å². The van der Waals surface area contributed by atoms with Crippen molar-refractivity contribution in [3.8, 4) is 11.5 Å². The summed E-state index contributed by atoms with van der Waals surface area (Å²) in [5.74, 6) is 0.239. The zero-order valence-electron chi connectivity index (χ0n) is 14.5. The summed E-state index contributed by atoms with van der Waals surface area (Å²) >= 11 is 6.14. The van der Waals surface area contributed by atoms with Gasteiger partial charge in [0, 0.05) is 11.6 Å². The van der Waals surface area contributed by atoms with E-state index < -0.39 is 0 Å². The molecule has 5 heteroatoms. The van der Waals surface area contributed by atoms with Gasteiger partial charge in [0.15, 0.2) is 24.5 Å². The molecule has 0 amide bonds. The van der Waals surface area contributed by atoms with E-state index in [1.807, 2.05) is 49.0 Å². The Hall–Kier alpha value is -2.72. The van der Waals surface area contributed by atoms with Crippen molar-refractivity contribution >= 4 is 22.7 Å². The standard InChI is InChI=1S/C21H17ClFN2O/c1-13-8-14(2)20-19(9-13)24-21(26-20)16-4-3-7-25(12-16)11-15-5-6-17(23)10-18(15)22/h3-10,12H,11H2,1-2H3/q+1. The van der Waals surface area contributed by atoms with Crippen LogP contribution in [0.25, 0.3) is 22.6 Å². The number of hydrogen-bond donors (Lipinski definition) is 0. The van der Waals surface area contributed by atoms with Crippen LogP contribution in [-0.2, 0) is 6.54 Å². The molecular weight excluding hydrogens is 351 g/mol. The number of aromatic nitrogens is 2. The van der Waals surface area contributed by atoms with Gasteiger partial charge in [0.05, 0.1) is 5.02 Å². The number of fused-ring (bicyclic) bond motifs is 1. The van der Waals surface area contributed by atoms with E-state index in [0.717, 1.165) is 33.4 Å². The van der Waals surface area contributed by atoms with Crippen molar-refractivity contribution in [3.05, 3.63) is 82.4 Å². The molecule has 0 saturated heterocycles. The maximum atomic E-state index is 13.2. The first-order chi connectivity index (χ1) is 12.5. The zero-order valence-corrected chi connectivity index (χ0v) is 15.2. The smallest absolute Gasteiger partial charge is 0.233 e. The van der Waals surface area contributed by atoms with Crippen molar-refractivity contribution in [2.75, 3.05) is 0 Å². The van der Waals surface area contributed by atoms with E-state index in [1.165, 1.54) is 12.1 Å². The predicted molar refractivity (Wildman–Crippen MR) is 99.6 cm³/mol. The minimum Gasteiger partial charge on any atom is -0.436 e. The first-order valence-corrected chi connectivity index (χ1v) is 8.68. The van der Waals surface area contributed by atoms with Crippen molar-refractivity contribution in [3.63, 3.8) is 0 Å². The molecule has 130 valence electrons. The van der Waals surface area contributed by atoms with Crippen LogP contribution in [0.2, 0.25) is 5.02 Å². The van der Waals surface area contributed by atoms with Gasteiger partial charge in [-0.25, -0.2) is 9.37 Å². The number of aryl methyl sites for hydroxylation is 2. The van der Waals surface area contributed by atoms with Crippen LogP contribution >= 0.6 is 11.6 Å². The maximum absolute atomic E-state index is 13.2. The Morgan fingerprint density at radius 2 is 2.00 bits per heavy atom. The van der Waals surface area contributed by atoms with Crippen LogP contribution in [0.15, 0.2) is 59.3 Å². The first-order valence-electron chi connectivity index (χ1n) is 8.31. The van der Waals surface area contributed by atoms with Gasteiger partial charge in [-0.05, 0) is 55.3 Å². The van der Waals surface area contributed by atoms with Crippen LogP contribution in [0, 0.1) is 19.7 Å². The highest BCUT2D eigenvalue weighted by Gasteiger charge is 2.15. The number of benzene rings is 2. The fourth-order valence-corrected chi connectivity index (χ4v) is 3.32. The molecule has 0 fully saturated rings. The number of nitrogens with zero attached hydrogens (tertiary/aromatic N) is 2. The lowest BCUT2D eigenvalue weighted by atomic mass is 10.1. The van der Waals surface area contributed by atoms with Gasteiger partial charge in [0.2, 0.25) is 5.89 Å². The Kier molecular flexibility index (Phi) is 4.21. The summed E-state index contributed by atoms with van der Waals surface area (Å²) in [6, 6.07) is 12.4. The molecule has 0 bridgehead atoms. The van der Waals surface area contributed by atoms with Gasteiger partial charge in [0.25, 0.3) is 0 Å². The number of rotatable bonds is 3. The molecule has 2 aromatic carbocycles. The predicted octanol–water partition coefficient (Wildman–Crippen LogP) is 5.24. The molecule has 0 aliphatic carbocycles. The monoisotopic (exact) mass is 367 g/mol. The third-order valence-electron chi connectivity index (χ3n) is 4.29. The van der Waals surface area contributed by atoms with Gasteiger partial charge in [-0.1, -0.05) is 17.7 Å². The van der Waals surface area contributed by atoms with Crippen LogP contribution in [-0.4, -0.2) is 4.98 Å². The molecule has 0 radical (unpaired) electrons. The summed E-state index contributed by atoms with van der Waals surface area (Å²) in [6.07, 6.45) is 3.88. The van der Waals surface area contributed by atoms with Crippen molar-refractivity contribution in [2.45, 2.75) is 20.4 Å². The van der Waals surface area contributed by atoms with Gasteiger partial charge in [-0.15, -0.1) is 0 Å². The summed E-state index contributed by atoms with van der Waals surface area (Å²) in [4.78, 5) is 4.63. The highest BCUT2D eigenvalue weighted by molar-refractivity contribution is 6.31. The first kappa shape index (κ1) is 16.7. The van der Waals surface area contributed by atoms with E-state index in [2.05, 4.69) is 11.1 Å². The van der Waals surface area contributed by atoms with Crippen molar-refractivity contribution in [1.82, 2.24) is 4.98 Å². The largest absolute Gasteiger partial charge is 0.436 e. The average Bonchev–Trinajstić information content (AvgIpc) is 3.02. The lowest BCUT2D eigenvalue weighted by molar-refractivity contribution is -0.687. The lowest BCUT2D eigenvalue weighted by Gasteiger charge is -2.02. The fraction of sp³-hybridized carbons (Fsp3) is 0.143. The van der Waals surface area contributed by atoms with E-state index in [-0.39, 0.29) is 5.82 Å². The normalized spacial score (nSPS) is 11.2. The molecule has 26 heavy (non-hydrogen) atoms. The molecule has 2 aromatic heterocycles. The minimum atomic E-state index is -0.338. The van der Waals surface area contributed by atoms with E-state index in [1.54, 1.807) is 6.07 Å². The zero-order chi connectivity index (χ0) is 18.3. The molecule has 0 aliphatic heterocycles. The summed E-state index contributed by atoms with van der Waals surface area (Å²) in [7, 11) is 0. The van der Waals surface area contributed by atoms with E-state index in [9.17, 15) is 4.39 Å². The molecule has 2 heterocycles. The molecule has 0 saturated carbocycles. The molecule has 4 aromatic rings. The van der Waals surface area contributed by atoms with E-state index in [4.69, 9.17) is 16.0 Å². The van der Waals surface area contributed by atoms with Gasteiger partial charge in [-0.2, -0.15) is 4.57 Å². The highest BCUT2D eigenvalue weighted by Crippen LogP contribution is 2.26. The average molecular weight is 368 g/mol. The van der Waals surface area contributed by atoms with Gasteiger partial charge >= 0.3 is 0 Å². The van der Waals surface area contributed by atoms with Crippen LogP contribution in [0.3, 0.4) is 0 Å². The number of pyridine rings is 1. The van der Waals surface area contributed by atoms with Gasteiger partial charge in [0.1, 0.15) is 16.9 Å². The summed E-state index contributed by atoms with van der Waals surface area (Å²) in [5.41, 5.74) is 5.61. The lowest BCUT2D eigenvalue weighted by Crippen LogP contribution is -2.33. The van der Waals surface area contributed by atoms with Crippen molar-refractivity contribution in [1.29, 1.82) is 0 Å². The SMILES string of the molecule is Cc1cc(C)c2oc(-c3ccc[n+](Cc4ccc(F)cc4Cl)c3)nc2c1. The van der Waals surface area contributed by atoms with E-state index >= 15 is 0 Å². The quantitative estimate of drug-likeness (QED) is 0.463. The van der Waals surface area contributed by atoms with Gasteiger partial charge in [-0.3, -0.25) is 0 Å². The van der Waals surface area contributed by atoms with Gasteiger partial charge < -0.3 is 4.42 Å². The second-order valence-electron chi connectivity index (χ2n) is 6.45. The Morgan fingerprint density at radius 3 is 2.81 bits per heavy atom. The van der Waals surface area contributed by atoms with Crippen LogP contribution < -0.4 is 4.57 Å². The van der Waals surface area contributed by atoms with E-state index in [0.29, 0.717) is 17.5 Å². The summed E-state index contributed by atoms with van der Waals surface area (Å²) in [5, 5.41) is 0.413.